The summed E-state index contributed by atoms with van der Waals surface area (Å²) in [5.41, 5.74) is 0.301. The van der Waals surface area contributed by atoms with Crippen LogP contribution in [0.5, 0.6) is 5.75 Å². The van der Waals surface area contributed by atoms with Gasteiger partial charge in [-0.2, -0.15) is 0 Å². The zero-order valence-corrected chi connectivity index (χ0v) is 14.0. The maximum Gasteiger partial charge on any atom is 0.348 e. The predicted molar refractivity (Wildman–Crippen MR) is 92.6 cm³/mol. The molecule has 0 bridgehead atoms. The third-order valence-electron chi connectivity index (χ3n) is 3.60. The molecule has 0 unspecified atom stereocenters. The number of ether oxygens (including phenoxy) is 1. The quantitative estimate of drug-likeness (QED) is 0.365. The van der Waals surface area contributed by atoms with Gasteiger partial charge >= 0.3 is 5.97 Å². The fourth-order valence-electron chi connectivity index (χ4n) is 2.29. The number of carbonyl (C=O) groups excluding carboxylic acids is 2. The molecule has 130 valence electrons. The van der Waals surface area contributed by atoms with Gasteiger partial charge in [-0.25, -0.2) is 13.6 Å². The summed E-state index contributed by atoms with van der Waals surface area (Å²) in [6.45, 7) is 0. The van der Waals surface area contributed by atoms with E-state index in [0.29, 0.717) is 11.1 Å². The third-order valence-corrected chi connectivity index (χ3v) is 3.92. The maximum atomic E-state index is 13.7. The van der Waals surface area contributed by atoms with E-state index in [-0.39, 0.29) is 22.1 Å². The van der Waals surface area contributed by atoms with Crippen molar-refractivity contribution in [3.05, 3.63) is 100 Å². The summed E-state index contributed by atoms with van der Waals surface area (Å²) in [6, 6.07) is 14.7. The van der Waals surface area contributed by atoms with Gasteiger partial charge in [0.05, 0.1) is 5.02 Å². The van der Waals surface area contributed by atoms with E-state index in [2.05, 4.69) is 0 Å². The standard InChI is InChI=1S/C20H11ClF2O3/c21-16-2-1-3-17(23)18(16)20(25)26-15-10-6-13(7-11-15)19(24)12-4-8-14(22)9-5-12/h1-11H. The van der Waals surface area contributed by atoms with Crippen LogP contribution in [0.3, 0.4) is 0 Å². The first kappa shape index (κ1) is 17.8. The van der Waals surface area contributed by atoms with Crippen LogP contribution in [0.1, 0.15) is 26.3 Å². The number of halogens is 3. The largest absolute Gasteiger partial charge is 0.423 e. The van der Waals surface area contributed by atoms with Crippen LogP contribution in [0.2, 0.25) is 5.02 Å². The van der Waals surface area contributed by atoms with Crippen LogP contribution in [0.25, 0.3) is 0 Å². The molecule has 0 spiro atoms. The maximum absolute atomic E-state index is 13.7. The van der Waals surface area contributed by atoms with Crippen molar-refractivity contribution in [1.82, 2.24) is 0 Å². The molecule has 0 fully saturated rings. The fraction of sp³-hybridized carbons (Fsp3) is 0. The molecule has 0 aliphatic carbocycles. The molecule has 0 heterocycles. The minimum Gasteiger partial charge on any atom is -0.423 e. The average molecular weight is 373 g/mol. The van der Waals surface area contributed by atoms with Gasteiger partial charge in [-0.1, -0.05) is 17.7 Å². The third kappa shape index (κ3) is 3.78. The Bertz CT molecular complexity index is 947. The van der Waals surface area contributed by atoms with E-state index in [4.69, 9.17) is 16.3 Å². The molecule has 3 aromatic carbocycles. The lowest BCUT2D eigenvalue weighted by atomic mass is 10.0. The molecule has 0 saturated carbocycles. The van der Waals surface area contributed by atoms with Crippen molar-refractivity contribution in [3.8, 4) is 5.75 Å². The van der Waals surface area contributed by atoms with Crippen LogP contribution >= 0.6 is 11.6 Å². The van der Waals surface area contributed by atoms with Gasteiger partial charge in [0.25, 0.3) is 0 Å². The normalized spacial score (nSPS) is 10.4. The molecule has 3 aromatic rings. The number of carbonyl (C=O) groups is 2. The van der Waals surface area contributed by atoms with E-state index < -0.39 is 17.6 Å². The van der Waals surface area contributed by atoms with Crippen molar-refractivity contribution in [2.24, 2.45) is 0 Å². The Kier molecular flexibility index (Phi) is 5.09. The molecule has 3 rings (SSSR count). The predicted octanol–water partition coefficient (Wildman–Crippen LogP) is 5.07. The number of ketones is 1. The fourth-order valence-corrected chi connectivity index (χ4v) is 2.53. The monoisotopic (exact) mass is 372 g/mol. The van der Waals surface area contributed by atoms with Crippen LogP contribution < -0.4 is 4.74 Å². The van der Waals surface area contributed by atoms with Gasteiger partial charge in [0.15, 0.2) is 5.78 Å². The molecule has 26 heavy (non-hydrogen) atoms. The lowest BCUT2D eigenvalue weighted by Gasteiger charge is -2.07. The van der Waals surface area contributed by atoms with E-state index in [1.165, 1.54) is 60.7 Å². The molecule has 0 aliphatic heterocycles. The molecular weight excluding hydrogens is 362 g/mol. The van der Waals surface area contributed by atoms with Crippen LogP contribution in [-0.2, 0) is 0 Å². The highest BCUT2D eigenvalue weighted by atomic mass is 35.5. The van der Waals surface area contributed by atoms with Crippen LogP contribution in [-0.4, -0.2) is 11.8 Å². The van der Waals surface area contributed by atoms with Gasteiger partial charge < -0.3 is 4.74 Å². The van der Waals surface area contributed by atoms with E-state index in [1.807, 2.05) is 0 Å². The van der Waals surface area contributed by atoms with E-state index in [1.54, 1.807) is 0 Å². The summed E-state index contributed by atoms with van der Waals surface area (Å²) in [4.78, 5) is 24.4. The Labute approximate surface area is 152 Å². The second-order valence-electron chi connectivity index (χ2n) is 5.35. The van der Waals surface area contributed by atoms with E-state index >= 15 is 0 Å². The first-order valence-corrected chi connectivity index (χ1v) is 7.90. The van der Waals surface area contributed by atoms with Crippen molar-refractivity contribution in [3.63, 3.8) is 0 Å². The summed E-state index contributed by atoms with van der Waals surface area (Å²) < 4.78 is 31.8. The molecule has 0 aliphatic rings. The van der Waals surface area contributed by atoms with E-state index in [9.17, 15) is 18.4 Å². The van der Waals surface area contributed by atoms with Crippen molar-refractivity contribution < 1.29 is 23.1 Å². The molecule has 6 heteroatoms. The number of esters is 1. The second-order valence-corrected chi connectivity index (χ2v) is 5.75. The Balaban J connectivity index is 1.76. The lowest BCUT2D eigenvalue weighted by Crippen LogP contribution is -2.11. The second kappa shape index (κ2) is 7.45. The summed E-state index contributed by atoms with van der Waals surface area (Å²) >= 11 is 5.82. The number of rotatable bonds is 4. The highest BCUT2D eigenvalue weighted by Crippen LogP contribution is 2.22. The molecule has 0 amide bonds. The summed E-state index contributed by atoms with van der Waals surface area (Å²) in [5.74, 6) is -2.34. The number of benzene rings is 3. The Morgan fingerprint density at radius 2 is 1.38 bits per heavy atom. The molecule has 0 radical (unpaired) electrons. The van der Waals surface area contributed by atoms with Crippen molar-refractivity contribution in [2.75, 3.05) is 0 Å². The first-order valence-electron chi connectivity index (χ1n) is 7.52. The van der Waals surface area contributed by atoms with Gasteiger partial charge in [0, 0.05) is 11.1 Å². The van der Waals surface area contributed by atoms with Crippen LogP contribution in [0.15, 0.2) is 66.7 Å². The van der Waals surface area contributed by atoms with E-state index in [0.717, 1.165) is 6.07 Å². The average Bonchev–Trinajstić information content (AvgIpc) is 2.62. The number of hydrogen-bond donors (Lipinski definition) is 0. The zero-order valence-electron chi connectivity index (χ0n) is 13.2. The first-order chi connectivity index (χ1) is 12.5. The van der Waals surface area contributed by atoms with Gasteiger partial charge in [0.2, 0.25) is 0 Å². The Morgan fingerprint density at radius 1 is 0.808 bits per heavy atom. The van der Waals surface area contributed by atoms with Gasteiger partial charge in [0.1, 0.15) is 22.9 Å². The van der Waals surface area contributed by atoms with Crippen molar-refractivity contribution >= 4 is 23.4 Å². The highest BCUT2D eigenvalue weighted by molar-refractivity contribution is 6.33. The zero-order chi connectivity index (χ0) is 18.7. The summed E-state index contributed by atoms with van der Waals surface area (Å²) in [6.07, 6.45) is 0. The molecule has 0 atom stereocenters. The highest BCUT2D eigenvalue weighted by Gasteiger charge is 2.18. The molecule has 0 aromatic heterocycles. The van der Waals surface area contributed by atoms with Crippen molar-refractivity contribution in [2.45, 2.75) is 0 Å². The number of hydrogen-bond acceptors (Lipinski definition) is 3. The topological polar surface area (TPSA) is 43.4 Å². The van der Waals surface area contributed by atoms with Gasteiger partial charge in [-0.15, -0.1) is 0 Å². The molecule has 0 saturated heterocycles. The SMILES string of the molecule is O=C(c1ccc(F)cc1)c1ccc(OC(=O)c2c(F)cccc2Cl)cc1. The molecular formula is C20H11ClF2O3. The summed E-state index contributed by atoms with van der Waals surface area (Å²) in [7, 11) is 0. The minimum atomic E-state index is -0.939. The lowest BCUT2D eigenvalue weighted by molar-refractivity contribution is 0.0730. The van der Waals surface area contributed by atoms with Crippen molar-refractivity contribution in [1.29, 1.82) is 0 Å². The molecule has 0 N–H and O–H groups in total. The van der Waals surface area contributed by atoms with Gasteiger partial charge in [-0.3, -0.25) is 4.79 Å². The minimum absolute atomic E-state index is 0.0573. The van der Waals surface area contributed by atoms with Crippen LogP contribution in [0.4, 0.5) is 8.78 Å². The van der Waals surface area contributed by atoms with Gasteiger partial charge in [-0.05, 0) is 60.7 Å². The molecule has 3 nitrogen and oxygen atoms in total. The Hall–Kier alpha value is -3.05. The summed E-state index contributed by atoms with van der Waals surface area (Å²) in [5, 5.41) is -0.0573. The Morgan fingerprint density at radius 3 is 1.96 bits per heavy atom. The van der Waals surface area contributed by atoms with Crippen LogP contribution in [0, 0.1) is 11.6 Å². The smallest absolute Gasteiger partial charge is 0.348 e.